The molecule has 1 unspecified atom stereocenters. The molecule has 96 valence electrons. The van der Waals surface area contributed by atoms with Gasteiger partial charge in [0.15, 0.2) is 0 Å². The summed E-state index contributed by atoms with van der Waals surface area (Å²) in [5, 5.41) is 0. The smallest absolute Gasteiger partial charge is 0.0931 e. The Morgan fingerprint density at radius 2 is 1.94 bits per heavy atom. The highest BCUT2D eigenvalue weighted by atomic mass is 35.5. The van der Waals surface area contributed by atoms with Crippen LogP contribution in [0.5, 0.6) is 0 Å². The Kier molecular flexibility index (Phi) is 5.29. The van der Waals surface area contributed by atoms with E-state index in [0.29, 0.717) is 12.5 Å². The van der Waals surface area contributed by atoms with Crippen molar-refractivity contribution in [2.75, 3.05) is 26.2 Å². The van der Waals surface area contributed by atoms with E-state index in [1.807, 2.05) is 6.07 Å². The van der Waals surface area contributed by atoms with Gasteiger partial charge in [0.25, 0.3) is 0 Å². The van der Waals surface area contributed by atoms with Gasteiger partial charge in [0.05, 0.1) is 4.34 Å². The maximum atomic E-state index is 5.99. The second-order valence-electron chi connectivity index (χ2n) is 4.79. The van der Waals surface area contributed by atoms with Crippen LogP contribution in [0.2, 0.25) is 4.34 Å². The van der Waals surface area contributed by atoms with Crippen LogP contribution in [0, 0.1) is 0 Å². The first-order valence-electron chi connectivity index (χ1n) is 6.47. The summed E-state index contributed by atoms with van der Waals surface area (Å²) < 4.78 is 0.870. The zero-order chi connectivity index (χ0) is 12.1. The van der Waals surface area contributed by atoms with Crippen molar-refractivity contribution in [3.63, 3.8) is 0 Å². The van der Waals surface area contributed by atoms with Gasteiger partial charge in [-0.15, -0.1) is 11.3 Å². The van der Waals surface area contributed by atoms with Crippen LogP contribution in [-0.2, 0) is 0 Å². The lowest BCUT2D eigenvalue weighted by atomic mass is 10.1. The molecule has 1 fully saturated rings. The van der Waals surface area contributed by atoms with Gasteiger partial charge in [0.2, 0.25) is 0 Å². The molecule has 2 nitrogen and oxygen atoms in total. The molecule has 0 amide bonds. The van der Waals surface area contributed by atoms with Crippen LogP contribution in [-0.4, -0.2) is 31.1 Å². The van der Waals surface area contributed by atoms with Crippen molar-refractivity contribution in [1.29, 1.82) is 0 Å². The van der Waals surface area contributed by atoms with Gasteiger partial charge in [-0.2, -0.15) is 0 Å². The molecule has 1 aliphatic heterocycles. The van der Waals surface area contributed by atoms with E-state index >= 15 is 0 Å². The standard InChI is InChI=1S/C13H21ClN2S/c14-13-6-5-12(17-13)11(9-15)10-16-7-3-1-2-4-8-16/h5-6,11H,1-4,7-10,15H2. The number of thiophene rings is 1. The fourth-order valence-electron chi connectivity index (χ4n) is 2.46. The van der Waals surface area contributed by atoms with E-state index in [0.717, 1.165) is 10.9 Å². The first-order valence-corrected chi connectivity index (χ1v) is 7.66. The summed E-state index contributed by atoms with van der Waals surface area (Å²) in [6.07, 6.45) is 5.44. The van der Waals surface area contributed by atoms with E-state index in [-0.39, 0.29) is 0 Å². The van der Waals surface area contributed by atoms with Crippen molar-refractivity contribution < 1.29 is 0 Å². The summed E-state index contributed by atoms with van der Waals surface area (Å²) in [4.78, 5) is 3.90. The molecule has 0 aromatic carbocycles. The third kappa shape index (κ3) is 3.95. The zero-order valence-corrected chi connectivity index (χ0v) is 11.8. The maximum absolute atomic E-state index is 5.99. The molecule has 0 spiro atoms. The normalized spacial score (nSPS) is 20.1. The predicted molar refractivity (Wildman–Crippen MR) is 76.0 cm³/mol. The summed E-state index contributed by atoms with van der Waals surface area (Å²) in [6, 6.07) is 4.11. The Labute approximate surface area is 113 Å². The number of nitrogens with zero attached hydrogens (tertiary/aromatic N) is 1. The molecule has 0 bridgehead atoms. The Hall–Kier alpha value is -0.0900. The highest BCUT2D eigenvalue weighted by Crippen LogP contribution is 2.28. The molecule has 2 N–H and O–H groups in total. The van der Waals surface area contributed by atoms with Crippen LogP contribution in [0.1, 0.15) is 36.5 Å². The van der Waals surface area contributed by atoms with Crippen molar-refractivity contribution in [3.8, 4) is 0 Å². The van der Waals surface area contributed by atoms with Gasteiger partial charge in [-0.3, -0.25) is 0 Å². The van der Waals surface area contributed by atoms with Crippen LogP contribution in [0.3, 0.4) is 0 Å². The maximum Gasteiger partial charge on any atom is 0.0931 e. The van der Waals surface area contributed by atoms with Crippen molar-refractivity contribution in [3.05, 3.63) is 21.3 Å². The monoisotopic (exact) mass is 272 g/mol. The highest BCUT2D eigenvalue weighted by Gasteiger charge is 2.17. The number of nitrogens with two attached hydrogens (primary N) is 1. The van der Waals surface area contributed by atoms with Crippen LogP contribution >= 0.6 is 22.9 Å². The van der Waals surface area contributed by atoms with Crippen molar-refractivity contribution >= 4 is 22.9 Å². The van der Waals surface area contributed by atoms with E-state index in [4.69, 9.17) is 17.3 Å². The largest absolute Gasteiger partial charge is 0.330 e. The second kappa shape index (κ2) is 6.74. The summed E-state index contributed by atoms with van der Waals surface area (Å²) in [5.41, 5.74) is 5.91. The van der Waals surface area contributed by atoms with Crippen LogP contribution in [0.4, 0.5) is 0 Å². The molecule has 1 saturated heterocycles. The molecule has 2 rings (SSSR count). The molecule has 1 aromatic rings. The van der Waals surface area contributed by atoms with Crippen molar-refractivity contribution in [2.45, 2.75) is 31.6 Å². The molecule has 0 radical (unpaired) electrons. The minimum Gasteiger partial charge on any atom is -0.330 e. The SMILES string of the molecule is NCC(CN1CCCCCC1)c1ccc(Cl)s1. The Morgan fingerprint density at radius 3 is 2.47 bits per heavy atom. The number of likely N-dealkylation sites (tertiary alicyclic amines) is 1. The fourth-order valence-corrected chi connectivity index (χ4v) is 3.62. The van der Waals surface area contributed by atoms with Crippen molar-refractivity contribution in [2.24, 2.45) is 5.73 Å². The lowest BCUT2D eigenvalue weighted by Crippen LogP contribution is -2.32. The molecule has 17 heavy (non-hydrogen) atoms. The summed E-state index contributed by atoms with van der Waals surface area (Å²) in [5.74, 6) is 0.450. The lowest BCUT2D eigenvalue weighted by Gasteiger charge is -2.24. The predicted octanol–water partition coefficient (Wildman–Crippen LogP) is 3.32. The number of halogens is 1. The highest BCUT2D eigenvalue weighted by molar-refractivity contribution is 7.16. The summed E-state index contributed by atoms with van der Waals surface area (Å²) >= 11 is 7.67. The van der Waals surface area contributed by atoms with Gasteiger partial charge < -0.3 is 10.6 Å². The van der Waals surface area contributed by atoms with E-state index in [1.54, 1.807) is 11.3 Å². The van der Waals surface area contributed by atoms with E-state index in [2.05, 4.69) is 11.0 Å². The topological polar surface area (TPSA) is 29.3 Å². The number of hydrogen-bond acceptors (Lipinski definition) is 3. The first kappa shape index (κ1) is 13.3. The Morgan fingerprint density at radius 1 is 1.24 bits per heavy atom. The molecular formula is C13H21ClN2S. The van der Waals surface area contributed by atoms with Gasteiger partial charge >= 0.3 is 0 Å². The van der Waals surface area contributed by atoms with Gasteiger partial charge in [0.1, 0.15) is 0 Å². The molecule has 1 aromatic heterocycles. The Balaban J connectivity index is 1.94. The minimum absolute atomic E-state index is 0.450. The average Bonchev–Trinajstić information content (AvgIpc) is 2.62. The molecule has 1 aliphatic rings. The average molecular weight is 273 g/mol. The number of rotatable bonds is 4. The Bertz CT molecular complexity index is 332. The van der Waals surface area contributed by atoms with Crippen LogP contribution in [0.25, 0.3) is 0 Å². The summed E-state index contributed by atoms with van der Waals surface area (Å²) in [7, 11) is 0. The van der Waals surface area contributed by atoms with E-state index < -0.39 is 0 Å². The molecule has 0 saturated carbocycles. The first-order chi connectivity index (χ1) is 8.29. The third-order valence-electron chi connectivity index (χ3n) is 3.46. The van der Waals surface area contributed by atoms with Crippen molar-refractivity contribution in [1.82, 2.24) is 4.90 Å². The fraction of sp³-hybridized carbons (Fsp3) is 0.692. The van der Waals surface area contributed by atoms with E-state index in [1.165, 1.54) is 43.6 Å². The third-order valence-corrected chi connectivity index (χ3v) is 4.85. The lowest BCUT2D eigenvalue weighted by molar-refractivity contribution is 0.269. The molecule has 1 atom stereocenters. The van der Waals surface area contributed by atoms with Gasteiger partial charge in [-0.25, -0.2) is 0 Å². The van der Waals surface area contributed by atoms with Gasteiger partial charge in [-0.05, 0) is 38.1 Å². The van der Waals surface area contributed by atoms with Gasteiger partial charge in [-0.1, -0.05) is 24.4 Å². The molecular weight excluding hydrogens is 252 g/mol. The summed E-state index contributed by atoms with van der Waals surface area (Å²) in [6.45, 7) is 4.27. The minimum atomic E-state index is 0.450. The number of hydrogen-bond donors (Lipinski definition) is 1. The molecule has 4 heteroatoms. The molecule has 0 aliphatic carbocycles. The van der Waals surface area contributed by atoms with Crippen LogP contribution < -0.4 is 5.73 Å². The van der Waals surface area contributed by atoms with E-state index in [9.17, 15) is 0 Å². The quantitative estimate of drug-likeness (QED) is 0.911. The van der Waals surface area contributed by atoms with Gasteiger partial charge in [0, 0.05) is 23.9 Å². The van der Waals surface area contributed by atoms with Crippen LogP contribution in [0.15, 0.2) is 12.1 Å². The zero-order valence-electron chi connectivity index (χ0n) is 10.2. The molecule has 2 heterocycles. The second-order valence-corrected chi connectivity index (χ2v) is 6.54.